The summed E-state index contributed by atoms with van der Waals surface area (Å²) in [5.74, 6) is -0.155. The van der Waals surface area contributed by atoms with Gasteiger partial charge < -0.3 is 28.8 Å². The average molecular weight is 1010 g/mol. The predicted molar refractivity (Wildman–Crippen MR) is 303 cm³/mol. The third-order valence-corrected chi connectivity index (χ3v) is 15.8. The van der Waals surface area contributed by atoms with Crippen LogP contribution in [0.5, 0.6) is 0 Å². The van der Waals surface area contributed by atoms with E-state index < -0.39 is 20.0 Å². The van der Waals surface area contributed by atoms with Gasteiger partial charge in [0, 0.05) is 6.42 Å². The van der Waals surface area contributed by atoms with E-state index in [9.17, 15) is 19.4 Å². The lowest BCUT2D eigenvalue weighted by atomic mass is 10.0. The van der Waals surface area contributed by atoms with Crippen LogP contribution in [0.3, 0.4) is 0 Å². The van der Waals surface area contributed by atoms with E-state index in [2.05, 4.69) is 19.2 Å². The molecule has 420 valence electrons. The predicted octanol–water partition coefficient (Wildman–Crippen LogP) is 18.6. The molecule has 8 nitrogen and oxygen atoms in total. The molecule has 0 aromatic heterocycles. The molecule has 0 aromatic carbocycles. The van der Waals surface area contributed by atoms with Crippen molar-refractivity contribution in [3.63, 3.8) is 0 Å². The van der Waals surface area contributed by atoms with Gasteiger partial charge in [-0.1, -0.05) is 316 Å². The average Bonchev–Trinajstić information content (AvgIpc) is 3.32. The number of hydrogen-bond acceptors (Lipinski definition) is 6. The number of quaternary nitrogens is 1. The van der Waals surface area contributed by atoms with E-state index in [0.29, 0.717) is 23.9 Å². The highest BCUT2D eigenvalue weighted by molar-refractivity contribution is 7.45. The van der Waals surface area contributed by atoms with Gasteiger partial charge in [0.15, 0.2) is 0 Å². The lowest BCUT2D eigenvalue weighted by Crippen LogP contribution is -2.46. The summed E-state index contributed by atoms with van der Waals surface area (Å²) in [5, 5.41) is 14.1. The van der Waals surface area contributed by atoms with E-state index in [1.165, 1.54) is 270 Å². The zero-order chi connectivity index (χ0) is 51.3. The van der Waals surface area contributed by atoms with Crippen molar-refractivity contribution in [3.8, 4) is 0 Å². The van der Waals surface area contributed by atoms with Crippen molar-refractivity contribution in [1.29, 1.82) is 0 Å². The van der Waals surface area contributed by atoms with Crippen LogP contribution >= 0.6 is 7.82 Å². The highest BCUT2D eigenvalue weighted by atomic mass is 31.2. The second-order valence-corrected chi connectivity index (χ2v) is 24.5. The van der Waals surface area contributed by atoms with E-state index >= 15 is 0 Å². The number of phosphoric ester groups is 1. The van der Waals surface area contributed by atoms with Crippen LogP contribution in [0.15, 0.2) is 0 Å². The highest BCUT2D eigenvalue weighted by Gasteiger charge is 2.24. The topological polar surface area (TPSA) is 108 Å². The SMILES string of the molecule is CCCCCCCCCCCCCCCCCCCCCCCCCCC(=O)NC(COP(=O)([O-])OCC[N+](C)(C)C)C(O)CCCCCCCCCCCCCCCCCCCCCCCCCC. The Hall–Kier alpha value is -0.500. The van der Waals surface area contributed by atoms with Crippen molar-refractivity contribution in [2.75, 3.05) is 40.9 Å². The van der Waals surface area contributed by atoms with Gasteiger partial charge in [0.05, 0.1) is 39.9 Å². The van der Waals surface area contributed by atoms with Crippen molar-refractivity contribution < 1.29 is 32.9 Å². The largest absolute Gasteiger partial charge is 0.756 e. The summed E-state index contributed by atoms with van der Waals surface area (Å²) < 4.78 is 23.5. The molecule has 0 aliphatic heterocycles. The van der Waals surface area contributed by atoms with Crippen LogP contribution in [0.25, 0.3) is 0 Å². The Morgan fingerprint density at radius 1 is 0.443 bits per heavy atom. The third-order valence-electron chi connectivity index (χ3n) is 14.8. The molecular formula is C61H125N2O6P. The Morgan fingerprint density at radius 3 is 0.971 bits per heavy atom. The lowest BCUT2D eigenvalue weighted by molar-refractivity contribution is -0.870. The maximum atomic E-state index is 13.0. The first-order valence-corrected chi connectivity index (χ1v) is 32.8. The maximum absolute atomic E-state index is 13.0. The highest BCUT2D eigenvalue weighted by Crippen LogP contribution is 2.38. The number of carbonyl (C=O) groups is 1. The van der Waals surface area contributed by atoms with Crippen LogP contribution in [-0.2, 0) is 18.4 Å². The van der Waals surface area contributed by atoms with Crippen LogP contribution in [0, 0.1) is 0 Å². The molecule has 3 atom stereocenters. The number of amides is 1. The number of aliphatic hydroxyl groups is 1. The summed E-state index contributed by atoms with van der Waals surface area (Å²) in [6.07, 6.45) is 64.3. The molecule has 0 bridgehead atoms. The number of likely N-dealkylation sites (N-methyl/N-ethyl adjacent to an activating group) is 1. The second-order valence-electron chi connectivity index (χ2n) is 23.1. The monoisotopic (exact) mass is 1010 g/mol. The van der Waals surface area contributed by atoms with Gasteiger partial charge in [0.25, 0.3) is 7.82 Å². The molecular weight excluding hydrogens is 888 g/mol. The molecule has 0 saturated carbocycles. The minimum Gasteiger partial charge on any atom is -0.756 e. The van der Waals surface area contributed by atoms with Gasteiger partial charge in [-0.15, -0.1) is 0 Å². The number of carbonyl (C=O) groups excluding carboxylic acids is 1. The van der Waals surface area contributed by atoms with Gasteiger partial charge in [-0.2, -0.15) is 0 Å². The molecule has 3 unspecified atom stereocenters. The number of nitrogens with one attached hydrogen (secondary N) is 1. The first-order valence-electron chi connectivity index (χ1n) is 31.4. The molecule has 0 aliphatic rings. The first-order chi connectivity index (χ1) is 34.0. The zero-order valence-corrected chi connectivity index (χ0v) is 48.9. The summed E-state index contributed by atoms with van der Waals surface area (Å²) in [6.45, 7) is 4.79. The molecule has 0 heterocycles. The molecule has 0 spiro atoms. The van der Waals surface area contributed by atoms with Gasteiger partial charge in [-0.05, 0) is 12.8 Å². The number of phosphoric acid groups is 1. The van der Waals surface area contributed by atoms with Gasteiger partial charge in [0.2, 0.25) is 5.91 Å². The van der Waals surface area contributed by atoms with Gasteiger partial charge in [-0.3, -0.25) is 9.36 Å². The van der Waals surface area contributed by atoms with E-state index in [1.807, 2.05) is 21.1 Å². The van der Waals surface area contributed by atoms with Crippen molar-refractivity contribution in [2.24, 2.45) is 0 Å². The van der Waals surface area contributed by atoms with E-state index in [4.69, 9.17) is 9.05 Å². The molecule has 0 saturated heterocycles. The summed E-state index contributed by atoms with van der Waals surface area (Å²) in [6, 6.07) is -0.796. The van der Waals surface area contributed by atoms with Crippen molar-refractivity contribution in [3.05, 3.63) is 0 Å². The standard InChI is InChI=1S/C61H125N2O6P/c1-6-8-10-12-14-16-18-20-22-24-26-28-30-32-34-36-38-40-42-44-46-48-50-52-54-60(64)59(58-69-70(66,67)68-57-56-63(3,4)5)62-61(65)55-53-51-49-47-45-43-41-39-37-35-33-31-29-27-25-23-21-19-17-15-13-11-9-7-2/h59-60,64H,6-58H2,1-5H3,(H-,62,65,66,67). The quantitative estimate of drug-likeness (QED) is 0.0357. The summed E-state index contributed by atoms with van der Waals surface area (Å²) >= 11 is 0. The Balaban J connectivity index is 4.07. The summed E-state index contributed by atoms with van der Waals surface area (Å²) in [5.41, 5.74) is 0. The van der Waals surface area contributed by atoms with Crippen LogP contribution in [-0.4, -0.2) is 68.5 Å². The fraction of sp³-hybridized carbons (Fsp3) is 0.984. The molecule has 0 radical (unpaired) electrons. The number of hydrogen-bond donors (Lipinski definition) is 2. The smallest absolute Gasteiger partial charge is 0.268 e. The fourth-order valence-electron chi connectivity index (χ4n) is 9.93. The maximum Gasteiger partial charge on any atom is 0.268 e. The molecule has 9 heteroatoms. The molecule has 0 fully saturated rings. The van der Waals surface area contributed by atoms with E-state index in [1.54, 1.807) is 0 Å². The van der Waals surface area contributed by atoms with Crippen LogP contribution in [0.1, 0.15) is 335 Å². The normalized spacial score (nSPS) is 13.8. The number of unbranched alkanes of at least 4 members (excludes halogenated alkanes) is 46. The Kier molecular flexibility index (Phi) is 52.9. The van der Waals surface area contributed by atoms with Crippen molar-refractivity contribution >= 4 is 13.7 Å². The summed E-state index contributed by atoms with van der Waals surface area (Å²) in [7, 11) is 1.33. The van der Waals surface area contributed by atoms with E-state index in [0.717, 1.165) is 38.5 Å². The minimum absolute atomic E-state index is 0.0168. The molecule has 0 rings (SSSR count). The molecule has 1 amide bonds. The van der Waals surface area contributed by atoms with Crippen LogP contribution in [0.4, 0.5) is 0 Å². The molecule has 0 aromatic rings. The van der Waals surface area contributed by atoms with Crippen molar-refractivity contribution in [1.82, 2.24) is 5.32 Å². The summed E-state index contributed by atoms with van der Waals surface area (Å²) in [4.78, 5) is 25.6. The second kappa shape index (κ2) is 53.3. The Labute approximate surface area is 438 Å². The minimum atomic E-state index is -4.57. The van der Waals surface area contributed by atoms with Crippen LogP contribution in [0.2, 0.25) is 0 Å². The molecule has 0 aliphatic carbocycles. The van der Waals surface area contributed by atoms with Gasteiger partial charge >= 0.3 is 0 Å². The lowest BCUT2D eigenvalue weighted by Gasteiger charge is -2.30. The molecule has 2 N–H and O–H groups in total. The fourth-order valence-corrected chi connectivity index (χ4v) is 10.7. The third kappa shape index (κ3) is 55.3. The van der Waals surface area contributed by atoms with Crippen LogP contribution < -0.4 is 10.2 Å². The Bertz CT molecular complexity index is 1100. The molecule has 70 heavy (non-hydrogen) atoms. The number of aliphatic hydroxyl groups excluding tert-OH is 1. The van der Waals surface area contributed by atoms with Gasteiger partial charge in [-0.25, -0.2) is 0 Å². The van der Waals surface area contributed by atoms with Crippen molar-refractivity contribution in [2.45, 2.75) is 347 Å². The first kappa shape index (κ1) is 69.5. The number of rotatable bonds is 59. The van der Waals surface area contributed by atoms with E-state index in [-0.39, 0.29) is 19.1 Å². The zero-order valence-electron chi connectivity index (χ0n) is 48.0. The number of nitrogens with zero attached hydrogens (tertiary/aromatic N) is 1. The van der Waals surface area contributed by atoms with Gasteiger partial charge in [0.1, 0.15) is 13.2 Å². The Morgan fingerprint density at radius 2 is 0.700 bits per heavy atom.